The average molecular weight is 479 g/mol. The predicted octanol–water partition coefficient (Wildman–Crippen LogP) is 3.01. The molecule has 1 saturated heterocycles. The number of nitrogens with two attached hydrogens (primary N) is 1. The van der Waals surface area contributed by atoms with Gasteiger partial charge in [0.2, 0.25) is 5.95 Å². The Kier molecular flexibility index (Phi) is 8.98. The first-order chi connectivity index (χ1) is 12.5. The molecule has 4 rings (SSSR count). The minimum Gasteiger partial charge on any atom is -0.346 e. The lowest BCUT2D eigenvalue weighted by atomic mass is 10.1. The van der Waals surface area contributed by atoms with E-state index in [-0.39, 0.29) is 55.2 Å². The highest BCUT2D eigenvalue weighted by Gasteiger charge is 2.31. The Balaban J connectivity index is 0.00000140. The van der Waals surface area contributed by atoms with Crippen molar-refractivity contribution in [2.45, 2.75) is 25.9 Å². The van der Waals surface area contributed by atoms with Crippen LogP contribution in [0.5, 0.6) is 0 Å². The van der Waals surface area contributed by atoms with E-state index in [1.54, 1.807) is 11.1 Å². The molecule has 3 aromatic heterocycles. The van der Waals surface area contributed by atoms with Crippen molar-refractivity contribution >= 4 is 70.8 Å². The Morgan fingerprint density at radius 2 is 1.97 bits per heavy atom. The van der Waals surface area contributed by atoms with E-state index in [0.29, 0.717) is 35.1 Å². The fraction of sp³-hybridized carbons (Fsp3) is 0.353. The van der Waals surface area contributed by atoms with Gasteiger partial charge in [-0.05, 0) is 26.0 Å². The second-order valence-electron chi connectivity index (χ2n) is 6.37. The molecule has 0 radical (unpaired) electrons. The van der Waals surface area contributed by atoms with Gasteiger partial charge < -0.3 is 16.0 Å². The summed E-state index contributed by atoms with van der Waals surface area (Å²) in [6.07, 6.45) is 1.74. The number of halogens is 3. The number of pyridine rings is 1. The Morgan fingerprint density at radius 1 is 1.24 bits per heavy atom. The standard InChI is InChI=1S/C17H19N7OS.3ClH/c1-9(12-5-3-4-6-19-12)20-17-22-13(16(25)24-7-11(18)8-24)14-15(23-17)21-10(2)26-14;;;/h3-6,9,11H,7-8,18H2,1-2H3,(H,20,22,23);3*1H/t9-;;;/m0.../s1. The third-order valence-electron chi connectivity index (χ3n) is 4.24. The number of nitrogens with zero attached hydrogens (tertiary/aromatic N) is 5. The Hall–Kier alpha value is -1.78. The van der Waals surface area contributed by atoms with E-state index in [9.17, 15) is 4.79 Å². The first kappa shape index (κ1) is 25.3. The van der Waals surface area contributed by atoms with Crippen molar-refractivity contribution in [3.63, 3.8) is 0 Å². The van der Waals surface area contributed by atoms with Gasteiger partial charge in [-0.1, -0.05) is 6.07 Å². The number of aromatic nitrogens is 4. The van der Waals surface area contributed by atoms with Crippen LogP contribution in [0, 0.1) is 6.92 Å². The fourth-order valence-electron chi connectivity index (χ4n) is 2.87. The summed E-state index contributed by atoms with van der Waals surface area (Å²) < 4.78 is 0.712. The monoisotopic (exact) mass is 477 g/mol. The van der Waals surface area contributed by atoms with Gasteiger partial charge in [0, 0.05) is 25.3 Å². The van der Waals surface area contributed by atoms with Crippen molar-refractivity contribution < 1.29 is 4.79 Å². The number of rotatable bonds is 4. The quantitative estimate of drug-likeness (QED) is 0.593. The van der Waals surface area contributed by atoms with Crippen molar-refractivity contribution in [2.24, 2.45) is 5.73 Å². The summed E-state index contributed by atoms with van der Waals surface area (Å²) in [6.45, 7) is 4.96. The van der Waals surface area contributed by atoms with Crippen molar-refractivity contribution in [3.8, 4) is 0 Å². The number of aryl methyl sites for hydroxylation is 1. The van der Waals surface area contributed by atoms with E-state index >= 15 is 0 Å². The van der Waals surface area contributed by atoms with E-state index in [0.717, 1.165) is 10.7 Å². The molecular weight excluding hydrogens is 457 g/mol. The maximum absolute atomic E-state index is 12.8. The lowest BCUT2D eigenvalue weighted by Crippen LogP contribution is -2.58. The number of amides is 1. The van der Waals surface area contributed by atoms with E-state index in [2.05, 4.69) is 25.3 Å². The molecule has 8 nitrogen and oxygen atoms in total. The second-order valence-corrected chi connectivity index (χ2v) is 7.58. The third kappa shape index (κ3) is 5.23. The molecule has 0 saturated carbocycles. The smallest absolute Gasteiger partial charge is 0.274 e. The van der Waals surface area contributed by atoms with Crippen molar-refractivity contribution in [1.29, 1.82) is 0 Å². The maximum atomic E-state index is 12.8. The summed E-state index contributed by atoms with van der Waals surface area (Å²) in [4.78, 5) is 32.3. The van der Waals surface area contributed by atoms with Crippen LogP contribution in [0.15, 0.2) is 24.4 Å². The molecule has 0 aliphatic carbocycles. The number of hydrogen-bond donors (Lipinski definition) is 2. The molecule has 0 unspecified atom stereocenters. The Bertz CT molecular complexity index is 966. The van der Waals surface area contributed by atoms with Gasteiger partial charge >= 0.3 is 0 Å². The molecule has 0 bridgehead atoms. The normalized spacial score (nSPS) is 14.1. The van der Waals surface area contributed by atoms with Gasteiger partial charge in [-0.15, -0.1) is 48.6 Å². The first-order valence-electron chi connectivity index (χ1n) is 8.39. The lowest BCUT2D eigenvalue weighted by molar-refractivity contribution is 0.0604. The van der Waals surface area contributed by atoms with Gasteiger partial charge in [0.15, 0.2) is 11.3 Å². The highest BCUT2D eigenvalue weighted by molar-refractivity contribution is 7.18. The number of carbonyl (C=O) groups excluding carboxylic acids is 1. The number of hydrogen-bond acceptors (Lipinski definition) is 8. The Labute approximate surface area is 191 Å². The van der Waals surface area contributed by atoms with Crippen molar-refractivity contribution in [2.75, 3.05) is 18.4 Å². The molecule has 1 atom stereocenters. The van der Waals surface area contributed by atoms with E-state index < -0.39 is 0 Å². The molecule has 3 N–H and O–H groups in total. The number of nitrogens with one attached hydrogen (secondary N) is 1. The highest BCUT2D eigenvalue weighted by Crippen LogP contribution is 2.27. The molecule has 12 heteroatoms. The van der Waals surface area contributed by atoms with Gasteiger partial charge in [0.05, 0.1) is 16.7 Å². The number of thiazole rings is 1. The lowest BCUT2D eigenvalue weighted by Gasteiger charge is -2.36. The SMILES string of the molecule is Cc1nc2nc(N[C@@H](C)c3ccccn3)nc(C(=O)N3CC(N)C3)c2s1.Cl.Cl.Cl. The zero-order valence-electron chi connectivity index (χ0n) is 15.7. The van der Waals surface area contributed by atoms with Crippen LogP contribution >= 0.6 is 48.6 Å². The molecule has 1 aliphatic heterocycles. The summed E-state index contributed by atoms with van der Waals surface area (Å²) >= 11 is 1.43. The molecule has 1 aliphatic rings. The minimum absolute atomic E-state index is 0. The third-order valence-corrected chi connectivity index (χ3v) is 5.20. The molecule has 3 aromatic rings. The zero-order chi connectivity index (χ0) is 18.3. The summed E-state index contributed by atoms with van der Waals surface area (Å²) in [6, 6.07) is 5.66. The van der Waals surface area contributed by atoms with Crippen LogP contribution < -0.4 is 11.1 Å². The minimum atomic E-state index is -0.128. The van der Waals surface area contributed by atoms with Crippen LogP contribution in [0.1, 0.15) is 34.2 Å². The van der Waals surface area contributed by atoms with Crippen LogP contribution in [0.4, 0.5) is 5.95 Å². The second kappa shape index (κ2) is 10.3. The molecular formula is C17H22Cl3N7OS. The van der Waals surface area contributed by atoms with Crippen LogP contribution in [-0.4, -0.2) is 49.9 Å². The maximum Gasteiger partial charge on any atom is 0.274 e. The highest BCUT2D eigenvalue weighted by atomic mass is 35.5. The topological polar surface area (TPSA) is 110 Å². The van der Waals surface area contributed by atoms with Crippen molar-refractivity contribution in [3.05, 3.63) is 40.8 Å². The van der Waals surface area contributed by atoms with Crippen LogP contribution in [0.3, 0.4) is 0 Å². The van der Waals surface area contributed by atoms with Gasteiger partial charge in [0.1, 0.15) is 4.70 Å². The molecule has 0 aromatic carbocycles. The van der Waals surface area contributed by atoms with E-state index in [1.807, 2.05) is 32.0 Å². The summed E-state index contributed by atoms with van der Waals surface area (Å²) in [5.74, 6) is 0.241. The largest absolute Gasteiger partial charge is 0.346 e. The number of likely N-dealkylation sites (tertiary alicyclic amines) is 1. The van der Waals surface area contributed by atoms with Gasteiger partial charge in [-0.25, -0.2) is 9.97 Å². The van der Waals surface area contributed by atoms with Crippen LogP contribution in [0.25, 0.3) is 10.3 Å². The zero-order valence-corrected chi connectivity index (χ0v) is 19.0. The van der Waals surface area contributed by atoms with Crippen LogP contribution in [0.2, 0.25) is 0 Å². The number of carbonyl (C=O) groups is 1. The molecule has 1 amide bonds. The van der Waals surface area contributed by atoms with E-state index in [4.69, 9.17) is 5.73 Å². The van der Waals surface area contributed by atoms with Crippen molar-refractivity contribution in [1.82, 2.24) is 24.8 Å². The summed E-state index contributed by atoms with van der Waals surface area (Å²) in [5.41, 5.74) is 7.59. The van der Waals surface area contributed by atoms with Crippen LogP contribution in [-0.2, 0) is 0 Å². The molecule has 0 spiro atoms. The van der Waals surface area contributed by atoms with Gasteiger partial charge in [-0.2, -0.15) is 4.98 Å². The van der Waals surface area contributed by atoms with Gasteiger partial charge in [-0.3, -0.25) is 9.78 Å². The Morgan fingerprint density at radius 3 is 2.59 bits per heavy atom. The molecule has 29 heavy (non-hydrogen) atoms. The summed E-state index contributed by atoms with van der Waals surface area (Å²) in [7, 11) is 0. The average Bonchev–Trinajstić information content (AvgIpc) is 2.98. The molecule has 1 fully saturated rings. The predicted molar refractivity (Wildman–Crippen MR) is 122 cm³/mol. The number of anilines is 1. The molecule has 4 heterocycles. The van der Waals surface area contributed by atoms with E-state index in [1.165, 1.54) is 11.3 Å². The first-order valence-corrected chi connectivity index (χ1v) is 9.20. The number of fused-ring (bicyclic) bond motifs is 1. The fourth-order valence-corrected chi connectivity index (χ4v) is 3.71. The summed E-state index contributed by atoms with van der Waals surface area (Å²) in [5, 5.41) is 4.07. The molecule has 158 valence electrons. The van der Waals surface area contributed by atoms with Gasteiger partial charge in [0.25, 0.3) is 5.91 Å².